The Hall–Kier alpha value is -2.57. The second-order valence-electron chi connectivity index (χ2n) is 9.82. The number of amides is 1. The highest BCUT2D eigenvalue weighted by Gasteiger charge is 2.49. The average molecular weight is 454 g/mol. The normalized spacial score (nSPS) is 24.4. The molecule has 33 heavy (non-hydrogen) atoms. The first-order chi connectivity index (χ1) is 15.8. The highest BCUT2D eigenvalue weighted by atomic mass is 16.5. The van der Waals surface area contributed by atoms with Crippen molar-refractivity contribution in [1.82, 2.24) is 4.90 Å². The Balaban J connectivity index is 1.54. The number of carbonyl (C=O) groups is 1. The molecule has 1 aliphatic carbocycles. The van der Waals surface area contributed by atoms with Crippen molar-refractivity contribution in [1.29, 1.82) is 0 Å². The van der Waals surface area contributed by atoms with Crippen LogP contribution in [0.25, 0.3) is 0 Å². The molecule has 0 spiro atoms. The predicted molar refractivity (Wildman–Crippen MR) is 126 cm³/mol. The summed E-state index contributed by atoms with van der Waals surface area (Å²) >= 11 is 0. The van der Waals surface area contributed by atoms with Crippen molar-refractivity contribution in [2.24, 2.45) is 11.3 Å². The molecule has 0 aromatic heterocycles. The van der Waals surface area contributed by atoms with Crippen LogP contribution in [0.15, 0.2) is 48.5 Å². The van der Waals surface area contributed by atoms with E-state index in [0.29, 0.717) is 37.1 Å². The van der Waals surface area contributed by atoms with E-state index < -0.39 is 17.6 Å². The summed E-state index contributed by atoms with van der Waals surface area (Å²) in [4.78, 5) is 14.8. The van der Waals surface area contributed by atoms with Gasteiger partial charge in [-0.3, -0.25) is 4.79 Å². The van der Waals surface area contributed by atoms with E-state index in [1.807, 2.05) is 55.5 Å². The first-order valence-electron chi connectivity index (χ1n) is 11.8. The Bertz CT molecular complexity index is 958. The molecule has 1 heterocycles. The van der Waals surface area contributed by atoms with Crippen molar-refractivity contribution in [3.63, 3.8) is 0 Å². The van der Waals surface area contributed by atoms with Crippen LogP contribution in [0.5, 0.6) is 11.5 Å². The highest BCUT2D eigenvalue weighted by molar-refractivity contribution is 5.81. The third-order valence-corrected chi connectivity index (χ3v) is 7.32. The molecule has 4 atom stereocenters. The lowest BCUT2D eigenvalue weighted by Crippen LogP contribution is -2.41. The first kappa shape index (κ1) is 23.6. The molecule has 6 nitrogen and oxygen atoms in total. The number of aliphatic hydroxyl groups is 2. The van der Waals surface area contributed by atoms with Crippen molar-refractivity contribution in [3.05, 3.63) is 59.7 Å². The smallest absolute Gasteiger partial charge is 0.251 e. The van der Waals surface area contributed by atoms with Crippen LogP contribution in [0.1, 0.15) is 43.7 Å². The molecule has 1 saturated carbocycles. The van der Waals surface area contributed by atoms with Gasteiger partial charge in [-0.15, -0.1) is 0 Å². The second kappa shape index (κ2) is 9.74. The molecule has 1 aliphatic heterocycles. The van der Waals surface area contributed by atoms with Crippen LogP contribution in [0.2, 0.25) is 0 Å². The molecule has 6 heteroatoms. The maximum Gasteiger partial charge on any atom is 0.251 e. The Kier molecular flexibility index (Phi) is 6.96. The molecule has 178 valence electrons. The number of rotatable bonds is 9. The number of nitrogens with zero attached hydrogens (tertiary/aromatic N) is 1. The summed E-state index contributed by atoms with van der Waals surface area (Å²) in [6.45, 7) is 5.27. The molecule has 1 amide bonds. The lowest BCUT2D eigenvalue weighted by Gasteiger charge is -2.34. The van der Waals surface area contributed by atoms with Crippen LogP contribution in [0.4, 0.5) is 0 Å². The number of hydrogen-bond donors (Lipinski definition) is 2. The lowest BCUT2D eigenvalue weighted by molar-refractivity contribution is -0.139. The van der Waals surface area contributed by atoms with E-state index in [1.54, 1.807) is 18.9 Å². The molecule has 4 rings (SSSR count). The Labute approximate surface area is 196 Å². The Morgan fingerprint density at radius 3 is 2.52 bits per heavy atom. The Morgan fingerprint density at radius 1 is 1.15 bits per heavy atom. The van der Waals surface area contributed by atoms with Crippen molar-refractivity contribution in [2.45, 2.75) is 51.2 Å². The lowest BCUT2D eigenvalue weighted by atomic mass is 9.72. The molecular weight excluding hydrogens is 418 g/mol. The number of likely N-dealkylation sites (tertiary alicyclic amines) is 1. The number of methoxy groups -OCH3 is 1. The van der Waals surface area contributed by atoms with Gasteiger partial charge in [-0.25, -0.2) is 0 Å². The van der Waals surface area contributed by atoms with Gasteiger partial charge in [0, 0.05) is 30.8 Å². The minimum atomic E-state index is -1.11. The number of ether oxygens (including phenoxy) is 2. The first-order valence-corrected chi connectivity index (χ1v) is 11.8. The van der Waals surface area contributed by atoms with E-state index in [1.165, 1.54) is 12.8 Å². The summed E-state index contributed by atoms with van der Waals surface area (Å²) in [5, 5.41) is 21.4. The van der Waals surface area contributed by atoms with Gasteiger partial charge in [0.1, 0.15) is 6.10 Å². The van der Waals surface area contributed by atoms with E-state index in [2.05, 4.69) is 0 Å². The summed E-state index contributed by atoms with van der Waals surface area (Å²) in [6.07, 6.45) is 0.927. The molecular formula is C27H35NO5. The van der Waals surface area contributed by atoms with E-state index in [-0.39, 0.29) is 18.2 Å². The molecule has 0 unspecified atom stereocenters. The van der Waals surface area contributed by atoms with Crippen molar-refractivity contribution in [3.8, 4) is 11.5 Å². The van der Waals surface area contributed by atoms with Crippen molar-refractivity contribution in [2.75, 3.05) is 26.8 Å². The molecule has 1 saturated heterocycles. The van der Waals surface area contributed by atoms with Gasteiger partial charge in [0.05, 0.1) is 19.8 Å². The number of carbonyl (C=O) groups excluding carboxylic acids is 1. The third-order valence-electron chi connectivity index (χ3n) is 7.32. The summed E-state index contributed by atoms with van der Waals surface area (Å²) < 4.78 is 11.5. The molecule has 0 radical (unpaired) electrons. The van der Waals surface area contributed by atoms with Crippen LogP contribution in [-0.4, -0.2) is 60.0 Å². The van der Waals surface area contributed by atoms with E-state index >= 15 is 0 Å². The topological polar surface area (TPSA) is 79.2 Å². The summed E-state index contributed by atoms with van der Waals surface area (Å²) in [6, 6.07) is 15.4. The number of hydrogen-bond acceptors (Lipinski definition) is 5. The van der Waals surface area contributed by atoms with Gasteiger partial charge in [-0.05, 0) is 48.9 Å². The van der Waals surface area contributed by atoms with E-state index in [9.17, 15) is 15.0 Å². The van der Waals surface area contributed by atoms with Gasteiger partial charge in [-0.1, -0.05) is 43.3 Å². The van der Waals surface area contributed by atoms with E-state index in [0.717, 1.165) is 11.1 Å². The monoisotopic (exact) mass is 453 g/mol. The summed E-state index contributed by atoms with van der Waals surface area (Å²) in [7, 11) is 1.63. The standard InChI is InChI=1S/C27H35NO5/c1-18(29)27(2)17-28(26(31)23(30)13-19-7-5-4-6-8-19)15-22(27)21-11-12-24(32-3)25(14-21)33-16-20-9-10-20/h4-8,11-12,14,18,20,22-23,29-30H,9-10,13,15-17H2,1-3H3/t18-,22+,23-,27+/m1/s1. The molecule has 0 bridgehead atoms. The number of benzene rings is 2. The quantitative estimate of drug-likeness (QED) is 0.608. The van der Waals surface area contributed by atoms with Crippen LogP contribution < -0.4 is 9.47 Å². The zero-order valence-electron chi connectivity index (χ0n) is 19.7. The second-order valence-corrected chi connectivity index (χ2v) is 9.82. The zero-order chi connectivity index (χ0) is 23.6. The van der Waals surface area contributed by atoms with Gasteiger partial charge >= 0.3 is 0 Å². The molecule has 2 aliphatic rings. The number of aliphatic hydroxyl groups excluding tert-OH is 2. The average Bonchev–Trinajstić information content (AvgIpc) is 3.58. The van der Waals surface area contributed by atoms with Crippen LogP contribution >= 0.6 is 0 Å². The molecule has 2 fully saturated rings. The summed E-state index contributed by atoms with van der Waals surface area (Å²) in [5.41, 5.74) is 1.36. The maximum atomic E-state index is 13.1. The largest absolute Gasteiger partial charge is 0.493 e. The van der Waals surface area contributed by atoms with Crippen LogP contribution in [0.3, 0.4) is 0 Å². The van der Waals surface area contributed by atoms with Gasteiger partial charge < -0.3 is 24.6 Å². The Morgan fingerprint density at radius 2 is 1.88 bits per heavy atom. The van der Waals surface area contributed by atoms with Crippen LogP contribution in [0, 0.1) is 11.3 Å². The fraction of sp³-hybridized carbons (Fsp3) is 0.519. The van der Waals surface area contributed by atoms with Crippen molar-refractivity contribution >= 4 is 5.91 Å². The molecule has 2 aromatic rings. The molecule has 2 N–H and O–H groups in total. The maximum absolute atomic E-state index is 13.1. The fourth-order valence-corrected chi connectivity index (χ4v) is 4.74. The van der Waals surface area contributed by atoms with Crippen LogP contribution in [-0.2, 0) is 11.2 Å². The molecule has 2 aromatic carbocycles. The minimum absolute atomic E-state index is 0.0976. The fourth-order valence-electron chi connectivity index (χ4n) is 4.74. The highest BCUT2D eigenvalue weighted by Crippen LogP contribution is 2.47. The summed E-state index contributed by atoms with van der Waals surface area (Å²) in [5.74, 6) is 1.60. The van der Waals surface area contributed by atoms with Gasteiger partial charge in [0.2, 0.25) is 0 Å². The van der Waals surface area contributed by atoms with Gasteiger partial charge in [-0.2, -0.15) is 0 Å². The van der Waals surface area contributed by atoms with Gasteiger partial charge in [0.15, 0.2) is 11.5 Å². The SMILES string of the molecule is COc1ccc([C@@H]2CN(C(=O)[C@H](O)Cc3ccccc3)C[C@@]2(C)[C@@H](C)O)cc1OCC1CC1. The zero-order valence-corrected chi connectivity index (χ0v) is 19.7. The predicted octanol–water partition coefficient (Wildman–Crippen LogP) is 3.40. The van der Waals surface area contributed by atoms with Crippen molar-refractivity contribution < 1.29 is 24.5 Å². The minimum Gasteiger partial charge on any atom is -0.493 e. The van der Waals surface area contributed by atoms with E-state index in [4.69, 9.17) is 9.47 Å². The van der Waals surface area contributed by atoms with Gasteiger partial charge in [0.25, 0.3) is 5.91 Å². The third kappa shape index (κ3) is 5.17.